The Morgan fingerprint density at radius 1 is 1.00 bits per heavy atom. The van der Waals surface area contributed by atoms with Crippen molar-refractivity contribution in [1.29, 1.82) is 0 Å². The van der Waals surface area contributed by atoms with Crippen LogP contribution in [0.25, 0.3) is 0 Å². The molecule has 1 heteroatoms. The fourth-order valence-corrected chi connectivity index (χ4v) is 1.79. The Morgan fingerprint density at radius 2 is 1.60 bits per heavy atom. The smallest absolute Gasteiger partial charge is 0.0753 e. The lowest BCUT2D eigenvalue weighted by Crippen LogP contribution is -2.08. The largest absolute Gasteiger partial charge is 0.374 e. The van der Waals surface area contributed by atoms with Gasteiger partial charge in [0.15, 0.2) is 0 Å². The van der Waals surface area contributed by atoms with Crippen molar-refractivity contribution >= 4 is 0 Å². The normalized spacial score (nSPS) is 12.7. The third-order valence-corrected chi connectivity index (χ3v) is 2.74. The van der Waals surface area contributed by atoms with Crippen LogP contribution in [0.3, 0.4) is 0 Å². The van der Waals surface area contributed by atoms with Crippen LogP contribution in [-0.2, 0) is 4.74 Å². The van der Waals surface area contributed by atoms with Gasteiger partial charge in [-0.2, -0.15) is 0 Å². The van der Waals surface area contributed by atoms with Gasteiger partial charge in [0.25, 0.3) is 0 Å². The fraction of sp³-hybridized carbons (Fsp3) is 0.857. The van der Waals surface area contributed by atoms with Crippen LogP contribution in [0.2, 0.25) is 0 Å². The van der Waals surface area contributed by atoms with Gasteiger partial charge >= 0.3 is 0 Å². The Bertz CT molecular complexity index is 131. The molecule has 1 atom stereocenters. The Hall–Kier alpha value is -0.300. The summed E-state index contributed by atoms with van der Waals surface area (Å²) in [5.74, 6) is 0. The third kappa shape index (κ3) is 9.99. The average molecular weight is 212 g/mol. The lowest BCUT2D eigenvalue weighted by Gasteiger charge is -2.11. The maximum absolute atomic E-state index is 5.52. The summed E-state index contributed by atoms with van der Waals surface area (Å²) in [6.07, 6.45) is 12.9. The maximum atomic E-state index is 5.52. The van der Waals surface area contributed by atoms with E-state index in [1.54, 1.807) is 0 Å². The van der Waals surface area contributed by atoms with E-state index in [1.807, 2.05) is 13.0 Å². The lowest BCUT2D eigenvalue weighted by atomic mass is 10.1. The molecule has 0 saturated carbocycles. The van der Waals surface area contributed by atoms with Gasteiger partial charge in [-0.3, -0.25) is 0 Å². The average Bonchev–Trinajstić information content (AvgIpc) is 2.26. The molecule has 0 N–H and O–H groups in total. The summed E-state index contributed by atoms with van der Waals surface area (Å²) in [6, 6.07) is 0. The molecule has 90 valence electrons. The standard InChI is InChI=1S/C14H28O/c1-4-7-8-9-10-11-12-13-14(5-2)15-6-3/h5,14H,2,4,6-13H2,1,3H3. The summed E-state index contributed by atoms with van der Waals surface area (Å²) >= 11 is 0. The van der Waals surface area contributed by atoms with Crippen LogP contribution in [0.15, 0.2) is 12.7 Å². The van der Waals surface area contributed by atoms with E-state index in [0.717, 1.165) is 13.0 Å². The molecular weight excluding hydrogens is 184 g/mol. The lowest BCUT2D eigenvalue weighted by molar-refractivity contribution is 0.0885. The van der Waals surface area contributed by atoms with Gasteiger partial charge in [-0.15, -0.1) is 6.58 Å². The molecule has 0 bridgehead atoms. The molecule has 1 nitrogen and oxygen atoms in total. The van der Waals surface area contributed by atoms with Crippen molar-refractivity contribution in [1.82, 2.24) is 0 Å². The molecule has 1 unspecified atom stereocenters. The van der Waals surface area contributed by atoms with Crippen molar-refractivity contribution in [3.05, 3.63) is 12.7 Å². The van der Waals surface area contributed by atoms with Crippen LogP contribution < -0.4 is 0 Å². The highest BCUT2D eigenvalue weighted by molar-refractivity contribution is 4.79. The Kier molecular flexibility index (Phi) is 11.5. The van der Waals surface area contributed by atoms with Gasteiger partial charge in [0.1, 0.15) is 0 Å². The van der Waals surface area contributed by atoms with Crippen molar-refractivity contribution in [2.24, 2.45) is 0 Å². The topological polar surface area (TPSA) is 9.23 Å². The quantitative estimate of drug-likeness (QED) is 0.356. The highest BCUT2D eigenvalue weighted by Gasteiger charge is 2.01. The first-order valence-electron chi connectivity index (χ1n) is 6.59. The Morgan fingerprint density at radius 3 is 2.13 bits per heavy atom. The summed E-state index contributed by atoms with van der Waals surface area (Å²) in [5, 5.41) is 0. The molecule has 0 amide bonds. The van der Waals surface area contributed by atoms with Gasteiger partial charge in [-0.1, -0.05) is 57.9 Å². The summed E-state index contributed by atoms with van der Waals surface area (Å²) in [7, 11) is 0. The van der Waals surface area contributed by atoms with Crippen LogP contribution in [0, 0.1) is 0 Å². The molecule has 0 heterocycles. The molecule has 15 heavy (non-hydrogen) atoms. The molecule has 0 spiro atoms. The minimum atomic E-state index is 0.283. The highest BCUT2D eigenvalue weighted by Crippen LogP contribution is 2.11. The number of hydrogen-bond acceptors (Lipinski definition) is 1. The zero-order chi connectivity index (χ0) is 11.4. The summed E-state index contributed by atoms with van der Waals surface area (Å²) in [5.41, 5.74) is 0. The minimum absolute atomic E-state index is 0.283. The number of rotatable bonds is 11. The molecule has 0 aromatic carbocycles. The van der Waals surface area contributed by atoms with Crippen LogP contribution in [0.5, 0.6) is 0 Å². The predicted octanol–water partition coefficient (Wildman–Crippen LogP) is 4.72. The SMILES string of the molecule is C=CC(CCCCCCCCC)OCC. The van der Waals surface area contributed by atoms with Crippen molar-refractivity contribution in [3.8, 4) is 0 Å². The van der Waals surface area contributed by atoms with E-state index in [-0.39, 0.29) is 6.10 Å². The number of ether oxygens (including phenoxy) is 1. The van der Waals surface area contributed by atoms with Crippen LogP contribution in [-0.4, -0.2) is 12.7 Å². The van der Waals surface area contributed by atoms with Crippen LogP contribution >= 0.6 is 0 Å². The van der Waals surface area contributed by atoms with Crippen LogP contribution in [0.4, 0.5) is 0 Å². The molecule has 0 aliphatic rings. The van der Waals surface area contributed by atoms with Gasteiger partial charge < -0.3 is 4.74 Å². The summed E-state index contributed by atoms with van der Waals surface area (Å²) in [6.45, 7) is 8.90. The highest BCUT2D eigenvalue weighted by atomic mass is 16.5. The van der Waals surface area contributed by atoms with E-state index < -0.39 is 0 Å². The van der Waals surface area contributed by atoms with Crippen molar-refractivity contribution in [2.75, 3.05) is 6.61 Å². The predicted molar refractivity (Wildman–Crippen MR) is 68.2 cm³/mol. The van der Waals surface area contributed by atoms with E-state index in [9.17, 15) is 0 Å². The van der Waals surface area contributed by atoms with E-state index in [4.69, 9.17) is 4.74 Å². The van der Waals surface area contributed by atoms with Gasteiger partial charge in [0.05, 0.1) is 6.10 Å². The van der Waals surface area contributed by atoms with Crippen LogP contribution in [0.1, 0.15) is 65.2 Å². The van der Waals surface area contributed by atoms with Crippen molar-refractivity contribution in [2.45, 2.75) is 71.3 Å². The summed E-state index contributed by atoms with van der Waals surface area (Å²) in [4.78, 5) is 0. The van der Waals surface area contributed by atoms with E-state index in [2.05, 4.69) is 13.5 Å². The molecule has 0 aliphatic carbocycles. The third-order valence-electron chi connectivity index (χ3n) is 2.74. The minimum Gasteiger partial charge on any atom is -0.374 e. The molecule has 0 aromatic heterocycles. The zero-order valence-corrected chi connectivity index (χ0v) is 10.6. The Labute approximate surface area is 95.9 Å². The second-order valence-electron chi connectivity index (χ2n) is 4.14. The first kappa shape index (κ1) is 14.7. The first-order chi connectivity index (χ1) is 7.35. The second-order valence-corrected chi connectivity index (χ2v) is 4.14. The number of hydrogen-bond donors (Lipinski definition) is 0. The van der Waals surface area contributed by atoms with E-state index >= 15 is 0 Å². The van der Waals surface area contributed by atoms with Crippen molar-refractivity contribution in [3.63, 3.8) is 0 Å². The number of unbranched alkanes of at least 4 members (excludes halogenated alkanes) is 6. The molecule has 0 aliphatic heterocycles. The van der Waals surface area contributed by atoms with Gasteiger partial charge in [-0.05, 0) is 13.3 Å². The molecular formula is C14H28O. The van der Waals surface area contributed by atoms with Crippen molar-refractivity contribution < 1.29 is 4.74 Å². The van der Waals surface area contributed by atoms with E-state index in [0.29, 0.717) is 0 Å². The monoisotopic (exact) mass is 212 g/mol. The molecule has 0 fully saturated rings. The second kappa shape index (κ2) is 11.8. The molecule has 0 saturated heterocycles. The maximum Gasteiger partial charge on any atom is 0.0753 e. The summed E-state index contributed by atoms with van der Waals surface area (Å²) < 4.78 is 5.52. The Balaban J connectivity index is 3.17. The van der Waals surface area contributed by atoms with Gasteiger partial charge in [-0.25, -0.2) is 0 Å². The molecule has 0 rings (SSSR count). The fourth-order valence-electron chi connectivity index (χ4n) is 1.79. The van der Waals surface area contributed by atoms with E-state index in [1.165, 1.54) is 44.9 Å². The van der Waals surface area contributed by atoms with Gasteiger partial charge in [0.2, 0.25) is 0 Å². The first-order valence-corrected chi connectivity index (χ1v) is 6.59. The zero-order valence-electron chi connectivity index (χ0n) is 10.6. The molecule has 0 aromatic rings. The van der Waals surface area contributed by atoms with Gasteiger partial charge in [0, 0.05) is 6.61 Å². The molecule has 0 radical (unpaired) electrons.